The van der Waals surface area contributed by atoms with Crippen LogP contribution in [0, 0.1) is 0 Å². The number of amides is 1. The molecule has 0 saturated carbocycles. The average molecular weight is 272 g/mol. The average Bonchev–Trinajstić information content (AvgIpc) is 2.43. The van der Waals surface area contributed by atoms with Crippen molar-refractivity contribution in [1.82, 2.24) is 5.32 Å². The fraction of sp³-hybridized carbons (Fsp3) is 0.333. The summed E-state index contributed by atoms with van der Waals surface area (Å²) in [5, 5.41) is 1.52. The lowest BCUT2D eigenvalue weighted by Crippen LogP contribution is -2.32. The van der Waals surface area contributed by atoms with Crippen molar-refractivity contribution >= 4 is 23.5 Å². The van der Waals surface area contributed by atoms with Crippen molar-refractivity contribution in [3.05, 3.63) is 29.8 Å². The summed E-state index contributed by atoms with van der Waals surface area (Å²) in [6.45, 7) is -0.200. The molecule has 1 rings (SSSR count). The minimum absolute atomic E-state index is 0.200. The quantitative estimate of drug-likeness (QED) is 0.647. The molecule has 1 aromatic rings. The fourth-order valence-electron chi connectivity index (χ4n) is 1.25. The summed E-state index contributed by atoms with van der Waals surface area (Å²) in [5.74, 6) is -0.299. The van der Waals surface area contributed by atoms with E-state index in [1.807, 2.05) is 0 Å². The Morgan fingerprint density at radius 2 is 1.89 bits per heavy atom. The molecule has 1 atom stereocenters. The molecular weight excluding hydrogens is 258 g/mol. The van der Waals surface area contributed by atoms with Gasteiger partial charge in [0, 0.05) is 0 Å². The summed E-state index contributed by atoms with van der Waals surface area (Å²) in [5.41, 5.74) is 0.625. The number of halogens is 1. The molecule has 0 heterocycles. The van der Waals surface area contributed by atoms with Gasteiger partial charge in [0.25, 0.3) is 0 Å². The van der Waals surface area contributed by atoms with E-state index in [4.69, 9.17) is 16.3 Å². The zero-order valence-electron chi connectivity index (χ0n) is 10.1. The Labute approximate surface area is 110 Å². The number of alkyl halides is 1. The van der Waals surface area contributed by atoms with E-state index in [0.29, 0.717) is 11.3 Å². The number of carbonyl (C=O) groups excluding carboxylic acids is 2. The number of nitrogens with one attached hydrogen (secondary N) is 1. The monoisotopic (exact) mass is 271 g/mol. The Morgan fingerprint density at radius 1 is 1.28 bits per heavy atom. The van der Waals surface area contributed by atoms with Crippen LogP contribution in [0.25, 0.3) is 0 Å². The maximum absolute atomic E-state index is 11.6. The SMILES string of the molecule is COC(=O)CNC(=O)C(Cl)c1ccc(OC)cc1. The van der Waals surface area contributed by atoms with Crippen LogP contribution in [0.5, 0.6) is 5.75 Å². The molecule has 5 nitrogen and oxygen atoms in total. The van der Waals surface area contributed by atoms with Crippen LogP contribution >= 0.6 is 11.6 Å². The van der Waals surface area contributed by atoms with Gasteiger partial charge < -0.3 is 14.8 Å². The summed E-state index contributed by atoms with van der Waals surface area (Å²) in [7, 11) is 2.80. The van der Waals surface area contributed by atoms with Gasteiger partial charge in [0.05, 0.1) is 14.2 Å². The highest BCUT2D eigenvalue weighted by Crippen LogP contribution is 2.22. The molecule has 0 bridgehead atoms. The van der Waals surface area contributed by atoms with Gasteiger partial charge in [0.15, 0.2) is 0 Å². The molecule has 0 aliphatic carbocycles. The van der Waals surface area contributed by atoms with Crippen LogP contribution in [0.1, 0.15) is 10.9 Å². The minimum atomic E-state index is -0.861. The van der Waals surface area contributed by atoms with Crippen LogP contribution in [-0.2, 0) is 14.3 Å². The zero-order chi connectivity index (χ0) is 13.5. The van der Waals surface area contributed by atoms with Gasteiger partial charge in [0.2, 0.25) is 5.91 Å². The Bertz CT molecular complexity index is 419. The van der Waals surface area contributed by atoms with Gasteiger partial charge in [-0.05, 0) is 17.7 Å². The topological polar surface area (TPSA) is 64.6 Å². The van der Waals surface area contributed by atoms with Crippen molar-refractivity contribution in [2.45, 2.75) is 5.38 Å². The molecule has 0 fully saturated rings. The first-order valence-electron chi connectivity index (χ1n) is 5.21. The van der Waals surface area contributed by atoms with E-state index in [9.17, 15) is 9.59 Å². The lowest BCUT2D eigenvalue weighted by molar-refractivity contribution is -0.141. The fourth-order valence-corrected chi connectivity index (χ4v) is 1.47. The summed E-state index contributed by atoms with van der Waals surface area (Å²) in [4.78, 5) is 22.5. The molecule has 0 aliphatic rings. The molecule has 18 heavy (non-hydrogen) atoms. The van der Waals surface area contributed by atoms with Gasteiger partial charge in [-0.2, -0.15) is 0 Å². The van der Waals surface area contributed by atoms with E-state index >= 15 is 0 Å². The number of benzene rings is 1. The predicted molar refractivity (Wildman–Crippen MR) is 66.6 cm³/mol. The number of carbonyl (C=O) groups is 2. The molecule has 1 N–H and O–H groups in total. The molecule has 0 spiro atoms. The number of hydrogen-bond donors (Lipinski definition) is 1. The first-order chi connectivity index (χ1) is 8.58. The van der Waals surface area contributed by atoms with E-state index in [1.165, 1.54) is 7.11 Å². The number of methoxy groups -OCH3 is 2. The van der Waals surface area contributed by atoms with E-state index in [1.54, 1.807) is 31.4 Å². The minimum Gasteiger partial charge on any atom is -0.497 e. The van der Waals surface area contributed by atoms with Crippen molar-refractivity contribution in [1.29, 1.82) is 0 Å². The summed E-state index contributed by atoms with van der Waals surface area (Å²) in [6, 6.07) is 6.79. The second kappa shape index (κ2) is 6.86. The third kappa shape index (κ3) is 3.92. The third-order valence-electron chi connectivity index (χ3n) is 2.27. The summed E-state index contributed by atoms with van der Waals surface area (Å²) >= 11 is 5.97. The second-order valence-electron chi connectivity index (χ2n) is 3.43. The van der Waals surface area contributed by atoms with E-state index < -0.39 is 17.3 Å². The first kappa shape index (κ1) is 14.3. The Kier molecular flexibility index (Phi) is 5.45. The van der Waals surface area contributed by atoms with Crippen LogP contribution in [0.15, 0.2) is 24.3 Å². The van der Waals surface area contributed by atoms with Gasteiger partial charge in [-0.25, -0.2) is 0 Å². The van der Waals surface area contributed by atoms with Crippen molar-refractivity contribution in [2.24, 2.45) is 0 Å². The molecule has 1 amide bonds. The molecule has 0 aliphatic heterocycles. The highest BCUT2D eigenvalue weighted by molar-refractivity contribution is 6.30. The first-order valence-corrected chi connectivity index (χ1v) is 5.64. The van der Waals surface area contributed by atoms with Gasteiger partial charge >= 0.3 is 5.97 Å². The Morgan fingerprint density at radius 3 is 2.39 bits per heavy atom. The van der Waals surface area contributed by atoms with Gasteiger partial charge in [-0.1, -0.05) is 12.1 Å². The lowest BCUT2D eigenvalue weighted by atomic mass is 10.1. The maximum Gasteiger partial charge on any atom is 0.325 e. The maximum atomic E-state index is 11.6. The lowest BCUT2D eigenvalue weighted by Gasteiger charge is -2.10. The normalized spacial score (nSPS) is 11.5. The van der Waals surface area contributed by atoms with Crippen molar-refractivity contribution in [3.8, 4) is 5.75 Å². The van der Waals surface area contributed by atoms with E-state index in [-0.39, 0.29) is 6.54 Å². The molecule has 0 aromatic heterocycles. The Balaban J connectivity index is 2.59. The zero-order valence-corrected chi connectivity index (χ0v) is 10.9. The highest BCUT2D eigenvalue weighted by Gasteiger charge is 2.18. The molecule has 6 heteroatoms. The second-order valence-corrected chi connectivity index (χ2v) is 3.87. The largest absolute Gasteiger partial charge is 0.497 e. The number of ether oxygens (including phenoxy) is 2. The summed E-state index contributed by atoms with van der Waals surface area (Å²) < 4.78 is 9.40. The summed E-state index contributed by atoms with van der Waals surface area (Å²) in [6.07, 6.45) is 0. The van der Waals surface area contributed by atoms with Crippen LogP contribution in [0.4, 0.5) is 0 Å². The van der Waals surface area contributed by atoms with E-state index in [2.05, 4.69) is 10.1 Å². The van der Waals surface area contributed by atoms with Crippen molar-refractivity contribution in [3.63, 3.8) is 0 Å². The van der Waals surface area contributed by atoms with Gasteiger partial charge in [-0.3, -0.25) is 9.59 Å². The van der Waals surface area contributed by atoms with Crippen LogP contribution < -0.4 is 10.1 Å². The standard InChI is InChI=1S/C12H14ClNO4/c1-17-9-5-3-8(4-6-9)11(13)12(16)14-7-10(15)18-2/h3-6,11H,7H2,1-2H3,(H,14,16). The predicted octanol–water partition coefficient (Wildman–Crippen LogP) is 1.26. The highest BCUT2D eigenvalue weighted by atomic mass is 35.5. The number of hydrogen-bond acceptors (Lipinski definition) is 4. The van der Waals surface area contributed by atoms with Crippen LogP contribution in [0.3, 0.4) is 0 Å². The Hall–Kier alpha value is -1.75. The number of rotatable bonds is 5. The molecule has 1 unspecified atom stereocenters. The van der Waals surface area contributed by atoms with Crippen LogP contribution in [-0.4, -0.2) is 32.6 Å². The number of esters is 1. The third-order valence-corrected chi connectivity index (χ3v) is 2.72. The molecule has 0 radical (unpaired) electrons. The van der Waals surface area contributed by atoms with Crippen molar-refractivity contribution < 1.29 is 19.1 Å². The molecule has 1 aromatic carbocycles. The van der Waals surface area contributed by atoms with Gasteiger partial charge in [0.1, 0.15) is 17.7 Å². The molecule has 98 valence electrons. The molecule has 0 saturated heterocycles. The van der Waals surface area contributed by atoms with Crippen LogP contribution in [0.2, 0.25) is 0 Å². The smallest absolute Gasteiger partial charge is 0.325 e. The van der Waals surface area contributed by atoms with Crippen molar-refractivity contribution in [2.75, 3.05) is 20.8 Å². The van der Waals surface area contributed by atoms with Gasteiger partial charge in [-0.15, -0.1) is 11.6 Å². The van der Waals surface area contributed by atoms with E-state index in [0.717, 1.165) is 0 Å². The molecular formula is C12H14ClNO4.